The summed E-state index contributed by atoms with van der Waals surface area (Å²) in [5.41, 5.74) is 0. The SMILES string of the molecule is C[C@@H]1CCCC(OC(=O)CCCC(=O)O)C1. The molecule has 0 aromatic carbocycles. The number of carbonyl (C=O) groups is 2. The van der Waals surface area contributed by atoms with Crippen molar-refractivity contribution in [2.24, 2.45) is 5.92 Å². The third-order valence-electron chi connectivity index (χ3n) is 2.96. The van der Waals surface area contributed by atoms with E-state index in [1.54, 1.807) is 0 Å². The summed E-state index contributed by atoms with van der Waals surface area (Å²) in [7, 11) is 0. The van der Waals surface area contributed by atoms with Crippen molar-refractivity contribution in [2.45, 2.75) is 58.0 Å². The van der Waals surface area contributed by atoms with Crippen molar-refractivity contribution < 1.29 is 19.4 Å². The summed E-state index contributed by atoms with van der Waals surface area (Å²) >= 11 is 0. The van der Waals surface area contributed by atoms with Crippen LogP contribution in [0.3, 0.4) is 0 Å². The Morgan fingerprint density at radius 2 is 2.06 bits per heavy atom. The molecular weight excluding hydrogens is 208 g/mol. The molecule has 1 unspecified atom stereocenters. The van der Waals surface area contributed by atoms with Crippen LogP contribution < -0.4 is 0 Å². The van der Waals surface area contributed by atoms with Gasteiger partial charge in [0.2, 0.25) is 0 Å². The smallest absolute Gasteiger partial charge is 0.306 e. The molecule has 92 valence electrons. The molecular formula is C12H20O4. The molecule has 0 radical (unpaired) electrons. The Labute approximate surface area is 96.0 Å². The Balaban J connectivity index is 2.15. The van der Waals surface area contributed by atoms with Gasteiger partial charge in [0.25, 0.3) is 0 Å². The largest absolute Gasteiger partial charge is 0.481 e. The molecule has 1 saturated carbocycles. The van der Waals surface area contributed by atoms with Gasteiger partial charge >= 0.3 is 11.9 Å². The van der Waals surface area contributed by atoms with E-state index >= 15 is 0 Å². The zero-order valence-corrected chi connectivity index (χ0v) is 9.78. The Kier molecular flexibility index (Phi) is 5.29. The van der Waals surface area contributed by atoms with Crippen molar-refractivity contribution in [1.82, 2.24) is 0 Å². The van der Waals surface area contributed by atoms with Crippen LogP contribution in [0.5, 0.6) is 0 Å². The molecule has 0 spiro atoms. The van der Waals surface area contributed by atoms with Crippen molar-refractivity contribution in [1.29, 1.82) is 0 Å². The molecule has 0 amide bonds. The lowest BCUT2D eigenvalue weighted by atomic mass is 9.89. The Morgan fingerprint density at radius 3 is 2.69 bits per heavy atom. The lowest BCUT2D eigenvalue weighted by molar-refractivity contribution is -0.151. The fourth-order valence-corrected chi connectivity index (χ4v) is 2.11. The zero-order chi connectivity index (χ0) is 12.0. The number of rotatable bonds is 5. The van der Waals surface area contributed by atoms with Gasteiger partial charge in [0.1, 0.15) is 6.10 Å². The molecule has 4 heteroatoms. The van der Waals surface area contributed by atoms with Gasteiger partial charge in [0.05, 0.1) is 0 Å². The van der Waals surface area contributed by atoms with Gasteiger partial charge in [-0.25, -0.2) is 0 Å². The minimum Gasteiger partial charge on any atom is -0.481 e. The Morgan fingerprint density at radius 1 is 1.31 bits per heavy atom. The molecule has 0 aromatic rings. The third-order valence-corrected chi connectivity index (χ3v) is 2.96. The summed E-state index contributed by atoms with van der Waals surface area (Å²) in [4.78, 5) is 21.6. The highest BCUT2D eigenvalue weighted by Crippen LogP contribution is 2.26. The molecule has 0 aromatic heterocycles. The summed E-state index contributed by atoms with van der Waals surface area (Å²) in [5.74, 6) is -0.481. The number of hydrogen-bond donors (Lipinski definition) is 1. The van der Waals surface area contributed by atoms with Gasteiger partial charge < -0.3 is 9.84 Å². The predicted molar refractivity (Wildman–Crippen MR) is 59.0 cm³/mol. The monoisotopic (exact) mass is 228 g/mol. The standard InChI is InChI=1S/C12H20O4/c1-9-4-2-5-10(8-9)16-12(15)7-3-6-11(13)14/h9-10H,2-8H2,1H3,(H,13,14)/t9-,10?/m1/s1. The molecule has 16 heavy (non-hydrogen) atoms. The number of carboxylic acid groups (broad SMARTS) is 1. The number of hydrogen-bond acceptors (Lipinski definition) is 3. The van der Waals surface area contributed by atoms with Crippen LogP contribution in [-0.2, 0) is 14.3 Å². The van der Waals surface area contributed by atoms with E-state index in [9.17, 15) is 9.59 Å². The number of esters is 1. The number of aliphatic carboxylic acids is 1. The van der Waals surface area contributed by atoms with Gasteiger partial charge in [-0.2, -0.15) is 0 Å². The Hall–Kier alpha value is -1.06. The van der Waals surface area contributed by atoms with Gasteiger partial charge in [-0.3, -0.25) is 9.59 Å². The van der Waals surface area contributed by atoms with Gasteiger partial charge in [-0.15, -0.1) is 0 Å². The predicted octanol–water partition coefficient (Wildman–Crippen LogP) is 2.36. The van der Waals surface area contributed by atoms with E-state index in [2.05, 4.69) is 6.92 Å². The molecule has 1 N–H and O–H groups in total. The van der Waals surface area contributed by atoms with E-state index in [-0.39, 0.29) is 24.9 Å². The van der Waals surface area contributed by atoms with Gasteiger partial charge in [-0.1, -0.05) is 13.3 Å². The van der Waals surface area contributed by atoms with Gasteiger partial charge in [0, 0.05) is 12.8 Å². The second-order valence-electron chi connectivity index (χ2n) is 4.63. The van der Waals surface area contributed by atoms with E-state index in [0.29, 0.717) is 12.3 Å². The quantitative estimate of drug-likeness (QED) is 0.734. The van der Waals surface area contributed by atoms with Crippen LogP contribution in [0.1, 0.15) is 51.9 Å². The highest BCUT2D eigenvalue weighted by Gasteiger charge is 2.21. The summed E-state index contributed by atoms with van der Waals surface area (Å²) in [6.07, 6.45) is 4.92. The first-order valence-corrected chi connectivity index (χ1v) is 5.99. The third kappa shape index (κ3) is 5.14. The lowest BCUT2D eigenvalue weighted by Gasteiger charge is -2.26. The van der Waals surface area contributed by atoms with E-state index < -0.39 is 5.97 Å². The molecule has 1 aliphatic carbocycles. The van der Waals surface area contributed by atoms with Crippen LogP contribution in [0.15, 0.2) is 0 Å². The van der Waals surface area contributed by atoms with Gasteiger partial charge in [-0.05, 0) is 31.6 Å². The fraction of sp³-hybridized carbons (Fsp3) is 0.833. The molecule has 1 aliphatic rings. The second kappa shape index (κ2) is 6.51. The van der Waals surface area contributed by atoms with Crippen LogP contribution in [0, 0.1) is 5.92 Å². The molecule has 0 bridgehead atoms. The first-order chi connectivity index (χ1) is 7.58. The number of carboxylic acids is 1. The maximum absolute atomic E-state index is 11.4. The molecule has 4 nitrogen and oxygen atoms in total. The molecule has 1 fully saturated rings. The molecule has 1 rings (SSSR count). The molecule has 0 heterocycles. The average molecular weight is 228 g/mol. The zero-order valence-electron chi connectivity index (χ0n) is 9.78. The lowest BCUT2D eigenvalue weighted by Crippen LogP contribution is -2.24. The first-order valence-electron chi connectivity index (χ1n) is 5.99. The van der Waals surface area contributed by atoms with E-state index in [4.69, 9.17) is 9.84 Å². The van der Waals surface area contributed by atoms with Crippen LogP contribution in [0.2, 0.25) is 0 Å². The van der Waals surface area contributed by atoms with Crippen LogP contribution in [0.25, 0.3) is 0 Å². The normalized spacial score (nSPS) is 25.1. The Bertz CT molecular complexity index is 249. The van der Waals surface area contributed by atoms with Crippen molar-refractivity contribution in [3.05, 3.63) is 0 Å². The topological polar surface area (TPSA) is 63.6 Å². The number of carbonyl (C=O) groups excluding carboxylic acids is 1. The van der Waals surface area contributed by atoms with Crippen LogP contribution in [-0.4, -0.2) is 23.1 Å². The summed E-state index contributed by atoms with van der Waals surface area (Å²) < 4.78 is 5.31. The first kappa shape index (κ1) is 13.0. The highest BCUT2D eigenvalue weighted by molar-refractivity contribution is 5.71. The highest BCUT2D eigenvalue weighted by atomic mass is 16.5. The summed E-state index contributed by atoms with van der Waals surface area (Å²) in [6.45, 7) is 2.17. The minimum atomic E-state index is -0.862. The average Bonchev–Trinajstić information content (AvgIpc) is 2.16. The van der Waals surface area contributed by atoms with Crippen molar-refractivity contribution in [3.63, 3.8) is 0 Å². The van der Waals surface area contributed by atoms with Crippen molar-refractivity contribution >= 4 is 11.9 Å². The fourth-order valence-electron chi connectivity index (χ4n) is 2.11. The molecule has 0 aliphatic heterocycles. The van der Waals surface area contributed by atoms with E-state index in [1.165, 1.54) is 6.42 Å². The second-order valence-corrected chi connectivity index (χ2v) is 4.63. The molecule has 0 saturated heterocycles. The van der Waals surface area contributed by atoms with Crippen LogP contribution in [0.4, 0.5) is 0 Å². The van der Waals surface area contributed by atoms with Crippen molar-refractivity contribution in [3.8, 4) is 0 Å². The molecule has 2 atom stereocenters. The van der Waals surface area contributed by atoms with Crippen molar-refractivity contribution in [2.75, 3.05) is 0 Å². The van der Waals surface area contributed by atoms with Gasteiger partial charge in [0.15, 0.2) is 0 Å². The minimum absolute atomic E-state index is 0.0379. The maximum Gasteiger partial charge on any atom is 0.306 e. The van der Waals surface area contributed by atoms with E-state index in [1.807, 2.05) is 0 Å². The van der Waals surface area contributed by atoms with E-state index in [0.717, 1.165) is 19.3 Å². The van der Waals surface area contributed by atoms with Crippen LogP contribution >= 0.6 is 0 Å². The number of ether oxygens (including phenoxy) is 1. The summed E-state index contributed by atoms with van der Waals surface area (Å²) in [6, 6.07) is 0. The summed E-state index contributed by atoms with van der Waals surface area (Å²) in [5, 5.41) is 8.43. The maximum atomic E-state index is 11.4.